The molecule has 5 heteroatoms. The zero-order valence-corrected chi connectivity index (χ0v) is 65.7. The summed E-state index contributed by atoms with van der Waals surface area (Å²) in [5, 5.41) is 2.47. The lowest BCUT2D eigenvalue weighted by Gasteiger charge is -2.32. The zero-order chi connectivity index (χ0) is 76.2. The molecule has 1 heterocycles. The number of thiophene rings is 1. The highest BCUT2D eigenvalue weighted by Crippen LogP contribution is 2.58. The summed E-state index contributed by atoms with van der Waals surface area (Å²) in [6.45, 7) is 19.0. The second-order valence-electron chi connectivity index (χ2n) is 33.3. The fourth-order valence-corrected chi connectivity index (χ4v) is 20.8. The number of nitrogens with zero attached hydrogens (tertiary/aromatic N) is 4. The largest absolute Gasteiger partial charge is 0.310 e. The van der Waals surface area contributed by atoms with Crippen LogP contribution in [0.2, 0.25) is 0 Å². The molecule has 16 aromatic carbocycles. The van der Waals surface area contributed by atoms with Crippen LogP contribution in [-0.2, 0) is 21.7 Å². The second-order valence-corrected chi connectivity index (χ2v) is 34.4. The summed E-state index contributed by atoms with van der Waals surface area (Å²) in [5.74, 6) is 0. The third-order valence-corrected chi connectivity index (χ3v) is 26.5. The molecule has 0 saturated carbocycles. The number of benzene rings is 16. The molecule has 0 saturated heterocycles. The van der Waals surface area contributed by atoms with Gasteiger partial charge in [0, 0.05) is 110 Å². The lowest BCUT2D eigenvalue weighted by atomic mass is 9.82. The maximum atomic E-state index is 2.48. The molecule has 0 atom stereocenters. The minimum Gasteiger partial charge on any atom is -0.310 e. The zero-order valence-electron chi connectivity index (χ0n) is 64.8. The Balaban J connectivity index is 0.742. The van der Waals surface area contributed by atoms with Crippen LogP contribution in [0.4, 0.5) is 68.2 Å². The Morgan fingerprint density at radius 2 is 0.398 bits per heavy atom. The Hall–Kier alpha value is -13.1. The molecule has 4 aliphatic rings. The van der Waals surface area contributed by atoms with Crippen LogP contribution in [-0.4, -0.2) is 0 Å². The molecular formula is C108H84N4S. The van der Waals surface area contributed by atoms with Gasteiger partial charge in [0.05, 0.1) is 0 Å². The van der Waals surface area contributed by atoms with Gasteiger partial charge in [-0.25, -0.2) is 0 Å². The summed E-state index contributed by atoms with van der Waals surface area (Å²) >= 11 is 1.88. The van der Waals surface area contributed by atoms with Crippen LogP contribution < -0.4 is 19.6 Å². The molecule has 1 aromatic heterocycles. The van der Waals surface area contributed by atoms with Crippen molar-refractivity contribution in [2.45, 2.75) is 77.0 Å². The number of rotatable bonds is 14. The molecule has 113 heavy (non-hydrogen) atoms. The van der Waals surface area contributed by atoms with Crippen molar-refractivity contribution >= 4 is 99.8 Å². The fraction of sp³-hybridized carbons (Fsp3) is 0.111. The minimum absolute atomic E-state index is 0.202. The maximum absolute atomic E-state index is 2.48. The van der Waals surface area contributed by atoms with Crippen molar-refractivity contribution in [3.8, 4) is 66.8 Å². The fourth-order valence-electron chi connectivity index (χ4n) is 19.6. The molecule has 0 spiro atoms. The standard InChI is InChI=1S/C108H84N4S/c1-105(2)95-41-25-21-37-85(95)89-53-47-77(65-99(89)105)109(73-29-13-9-14-30-73)81-57-71(58-82(63-81)110(74-31-15-10-16-32-74)78-48-54-90-86-38-22-26-42-96(86)106(3,4)100(90)66-78)69-45-51-93-94-52-46-70(62-104(94)113-103(93)61-69)72-59-83(111(75-33-17-11-18-34-75)79-49-55-91-87-39-23-27-43-97(87)107(5,6)101(91)67-79)64-84(60-72)112(76-35-19-12-20-36-76)80-50-56-92-88-40-24-28-44-98(88)108(7,8)102(92)68-80/h9-68H,1-8H3. The molecule has 542 valence electrons. The molecule has 0 amide bonds. The van der Waals surface area contributed by atoms with E-state index in [1.807, 2.05) is 11.3 Å². The molecule has 0 unspecified atom stereocenters. The van der Waals surface area contributed by atoms with Gasteiger partial charge >= 0.3 is 0 Å². The Labute approximate surface area is 667 Å². The van der Waals surface area contributed by atoms with Gasteiger partial charge in [-0.3, -0.25) is 0 Å². The first kappa shape index (κ1) is 68.0. The van der Waals surface area contributed by atoms with Crippen LogP contribution in [0.5, 0.6) is 0 Å². The summed E-state index contributed by atoms with van der Waals surface area (Å²) < 4.78 is 2.45. The average molecular weight is 1470 g/mol. The normalized spacial score (nSPS) is 14.3. The predicted octanol–water partition coefficient (Wildman–Crippen LogP) is 30.5. The minimum atomic E-state index is -0.202. The SMILES string of the molecule is CC1(C)c2ccccc2-c2ccc(N(c3ccccc3)c3cc(-c4ccc5c(c4)sc4cc(-c6cc(N(c7ccccc7)c7ccc8c(c7)C(C)(C)c7ccccc7-8)cc(N(c7ccccc7)c7ccc8c(c7)C(C)(C)c7ccccc7-8)c6)ccc45)cc(N(c4ccccc4)c4ccc5c(c4)C(C)(C)c4ccccc4-5)c3)cc21. The highest BCUT2D eigenvalue weighted by Gasteiger charge is 2.41. The number of hydrogen-bond donors (Lipinski definition) is 0. The average Bonchev–Trinajstić information content (AvgIpc) is 1.56. The van der Waals surface area contributed by atoms with Gasteiger partial charge in [0.25, 0.3) is 0 Å². The van der Waals surface area contributed by atoms with Gasteiger partial charge in [-0.15, -0.1) is 11.3 Å². The van der Waals surface area contributed by atoms with Gasteiger partial charge < -0.3 is 19.6 Å². The highest BCUT2D eigenvalue weighted by molar-refractivity contribution is 7.25. The Morgan fingerprint density at radius 3 is 0.655 bits per heavy atom. The van der Waals surface area contributed by atoms with E-state index in [0.717, 1.165) is 90.5 Å². The van der Waals surface area contributed by atoms with E-state index in [4.69, 9.17) is 0 Å². The summed E-state index contributed by atoms with van der Waals surface area (Å²) in [6.07, 6.45) is 0. The van der Waals surface area contributed by atoms with Gasteiger partial charge in [-0.2, -0.15) is 0 Å². The van der Waals surface area contributed by atoms with E-state index in [2.05, 4.69) is 439 Å². The Kier molecular flexibility index (Phi) is 15.5. The van der Waals surface area contributed by atoms with Gasteiger partial charge in [0.1, 0.15) is 0 Å². The number of hydrogen-bond acceptors (Lipinski definition) is 5. The Bertz CT molecular complexity index is 5960. The molecule has 0 radical (unpaired) electrons. The summed E-state index contributed by atoms with van der Waals surface area (Å²) in [7, 11) is 0. The van der Waals surface area contributed by atoms with Gasteiger partial charge in [-0.05, 0) is 257 Å². The summed E-state index contributed by atoms with van der Waals surface area (Å²) in [4.78, 5) is 9.92. The molecule has 0 fully saturated rings. The van der Waals surface area contributed by atoms with Crippen LogP contribution in [0, 0.1) is 0 Å². The first-order chi connectivity index (χ1) is 55.0. The van der Waals surface area contributed by atoms with Gasteiger partial charge in [0.15, 0.2) is 0 Å². The van der Waals surface area contributed by atoms with Crippen LogP contribution in [0.15, 0.2) is 364 Å². The predicted molar refractivity (Wildman–Crippen MR) is 479 cm³/mol. The molecular weight excluding hydrogens is 1390 g/mol. The van der Waals surface area contributed by atoms with Crippen molar-refractivity contribution in [1.82, 2.24) is 0 Å². The van der Waals surface area contributed by atoms with Gasteiger partial charge in [-0.1, -0.05) is 274 Å². The third-order valence-electron chi connectivity index (χ3n) is 25.3. The van der Waals surface area contributed by atoms with Crippen molar-refractivity contribution in [3.63, 3.8) is 0 Å². The van der Waals surface area contributed by atoms with Gasteiger partial charge in [0.2, 0.25) is 0 Å². The molecule has 4 aliphatic carbocycles. The molecule has 17 aromatic rings. The third kappa shape index (κ3) is 10.8. The van der Waals surface area contributed by atoms with E-state index in [0.29, 0.717) is 0 Å². The second kappa shape index (κ2) is 25.8. The van der Waals surface area contributed by atoms with Crippen molar-refractivity contribution in [1.29, 1.82) is 0 Å². The first-order valence-electron chi connectivity index (χ1n) is 39.7. The monoisotopic (exact) mass is 1470 g/mol. The smallest absolute Gasteiger partial charge is 0.0488 e. The van der Waals surface area contributed by atoms with Crippen LogP contribution >= 0.6 is 11.3 Å². The lowest BCUT2D eigenvalue weighted by molar-refractivity contribution is 0.660. The molecule has 21 rings (SSSR count). The Morgan fingerprint density at radius 1 is 0.168 bits per heavy atom. The van der Waals surface area contributed by atoms with E-state index in [1.165, 1.54) is 109 Å². The number of para-hydroxylation sites is 4. The topological polar surface area (TPSA) is 13.0 Å². The first-order valence-corrected chi connectivity index (χ1v) is 40.5. The van der Waals surface area contributed by atoms with E-state index in [1.54, 1.807) is 0 Å². The number of fused-ring (bicyclic) bond motifs is 15. The molecule has 0 N–H and O–H groups in total. The van der Waals surface area contributed by atoms with Crippen LogP contribution in [0.25, 0.3) is 86.9 Å². The van der Waals surface area contributed by atoms with E-state index in [9.17, 15) is 0 Å². The molecule has 0 bridgehead atoms. The summed E-state index contributed by atoms with van der Waals surface area (Å²) in [6, 6.07) is 137. The highest BCUT2D eigenvalue weighted by atomic mass is 32.1. The van der Waals surface area contributed by atoms with Crippen molar-refractivity contribution < 1.29 is 0 Å². The maximum Gasteiger partial charge on any atom is 0.0488 e. The van der Waals surface area contributed by atoms with E-state index < -0.39 is 0 Å². The van der Waals surface area contributed by atoms with E-state index >= 15 is 0 Å². The number of anilines is 12. The van der Waals surface area contributed by atoms with Crippen molar-refractivity contribution in [2.75, 3.05) is 19.6 Å². The molecule has 0 aliphatic heterocycles. The van der Waals surface area contributed by atoms with E-state index in [-0.39, 0.29) is 21.7 Å². The quantitative estimate of drug-likeness (QED) is 0.108. The lowest BCUT2D eigenvalue weighted by Crippen LogP contribution is -2.17. The molecule has 4 nitrogen and oxygen atoms in total. The van der Waals surface area contributed by atoms with Crippen molar-refractivity contribution in [3.05, 3.63) is 408 Å². The van der Waals surface area contributed by atoms with Crippen LogP contribution in [0.1, 0.15) is 99.9 Å². The summed E-state index contributed by atoms with van der Waals surface area (Å²) in [5.41, 5.74) is 37.9. The van der Waals surface area contributed by atoms with Crippen molar-refractivity contribution in [2.24, 2.45) is 0 Å². The van der Waals surface area contributed by atoms with Crippen LogP contribution in [0.3, 0.4) is 0 Å².